The van der Waals surface area contributed by atoms with Crippen molar-refractivity contribution in [1.82, 2.24) is 15.1 Å². The molecule has 2 N–H and O–H groups in total. The number of fused-ring (bicyclic) bond motifs is 3. The standard InChI is InChI=1S/C24H32N4S/c1-27(16-19-8-4-2-5-9-19)17-21-18-28-13-12-20(21)14-23(28)15-25-24(29)26-22-10-6-3-7-11-22/h2-11,20-21,23H,12-18H2,1H3,(H2,25,26,29). The molecule has 0 radical (unpaired) electrons. The van der Waals surface area contributed by atoms with Gasteiger partial charge in [-0.1, -0.05) is 48.5 Å². The zero-order chi connectivity index (χ0) is 20.1. The monoisotopic (exact) mass is 408 g/mol. The third-order valence-electron chi connectivity index (χ3n) is 6.39. The normalized spacial score (nSPS) is 25.7. The minimum Gasteiger partial charge on any atom is -0.361 e. The Hall–Kier alpha value is -1.95. The van der Waals surface area contributed by atoms with Crippen LogP contribution in [0.15, 0.2) is 60.7 Å². The maximum Gasteiger partial charge on any atom is 0.170 e. The Labute approximate surface area is 180 Å². The molecule has 3 aliphatic rings. The Morgan fingerprint density at radius 3 is 2.52 bits per heavy atom. The summed E-state index contributed by atoms with van der Waals surface area (Å²) in [5.74, 6) is 1.61. The van der Waals surface area contributed by atoms with Gasteiger partial charge in [-0.05, 0) is 68.2 Å². The van der Waals surface area contributed by atoms with Crippen LogP contribution in [0, 0.1) is 11.8 Å². The lowest BCUT2D eigenvalue weighted by atomic mass is 9.75. The Kier molecular flexibility index (Phi) is 6.80. The number of piperidine rings is 3. The summed E-state index contributed by atoms with van der Waals surface area (Å²) in [6, 6.07) is 21.5. The predicted octanol–water partition coefficient (Wildman–Crippen LogP) is 3.82. The summed E-state index contributed by atoms with van der Waals surface area (Å²) >= 11 is 5.49. The third-order valence-corrected chi connectivity index (χ3v) is 6.63. The summed E-state index contributed by atoms with van der Waals surface area (Å²) in [4.78, 5) is 5.17. The van der Waals surface area contributed by atoms with E-state index in [4.69, 9.17) is 12.2 Å². The average molecular weight is 409 g/mol. The highest BCUT2D eigenvalue weighted by Crippen LogP contribution is 2.36. The van der Waals surface area contributed by atoms with Crippen LogP contribution < -0.4 is 10.6 Å². The first-order valence-corrected chi connectivity index (χ1v) is 11.1. The summed E-state index contributed by atoms with van der Waals surface area (Å²) in [6.45, 7) is 5.60. The molecule has 154 valence electrons. The molecule has 3 fully saturated rings. The van der Waals surface area contributed by atoms with Crippen molar-refractivity contribution in [3.8, 4) is 0 Å². The first-order valence-electron chi connectivity index (χ1n) is 10.7. The number of thiocarbonyl (C=S) groups is 1. The number of hydrogen-bond acceptors (Lipinski definition) is 3. The van der Waals surface area contributed by atoms with Gasteiger partial charge in [0.15, 0.2) is 5.11 Å². The van der Waals surface area contributed by atoms with Gasteiger partial charge in [-0.15, -0.1) is 0 Å². The fraction of sp³-hybridized carbons (Fsp3) is 0.458. The molecule has 4 nitrogen and oxygen atoms in total. The first-order chi connectivity index (χ1) is 14.2. The molecule has 4 unspecified atom stereocenters. The second-order valence-electron chi connectivity index (χ2n) is 8.58. The van der Waals surface area contributed by atoms with Crippen LogP contribution in [-0.4, -0.2) is 54.2 Å². The van der Waals surface area contributed by atoms with Crippen LogP contribution in [0.4, 0.5) is 5.69 Å². The van der Waals surface area contributed by atoms with Gasteiger partial charge in [-0.25, -0.2) is 0 Å². The molecule has 0 aliphatic carbocycles. The Balaban J connectivity index is 1.23. The SMILES string of the molecule is CN(Cc1ccccc1)CC1CN2CCC1CC2CNC(=S)Nc1ccccc1. The molecule has 0 saturated carbocycles. The van der Waals surface area contributed by atoms with E-state index in [9.17, 15) is 0 Å². The second kappa shape index (κ2) is 9.70. The summed E-state index contributed by atoms with van der Waals surface area (Å²) in [7, 11) is 2.26. The average Bonchev–Trinajstić information content (AvgIpc) is 2.74. The second-order valence-corrected chi connectivity index (χ2v) is 8.98. The van der Waals surface area contributed by atoms with Gasteiger partial charge < -0.3 is 15.5 Å². The van der Waals surface area contributed by atoms with Crippen LogP contribution in [0.3, 0.4) is 0 Å². The molecule has 5 heteroatoms. The molecule has 2 aromatic rings. The third kappa shape index (κ3) is 5.56. The maximum atomic E-state index is 5.49. The van der Waals surface area contributed by atoms with Crippen molar-refractivity contribution in [2.75, 3.05) is 38.5 Å². The van der Waals surface area contributed by atoms with E-state index in [2.05, 4.69) is 57.8 Å². The number of benzene rings is 2. The Morgan fingerprint density at radius 1 is 1.10 bits per heavy atom. The first kappa shape index (κ1) is 20.3. The van der Waals surface area contributed by atoms with Crippen molar-refractivity contribution >= 4 is 23.0 Å². The van der Waals surface area contributed by atoms with E-state index >= 15 is 0 Å². The van der Waals surface area contributed by atoms with E-state index in [0.717, 1.165) is 35.7 Å². The van der Waals surface area contributed by atoms with Crippen molar-refractivity contribution < 1.29 is 0 Å². The lowest BCUT2D eigenvalue weighted by Crippen LogP contribution is -2.58. The van der Waals surface area contributed by atoms with Crippen LogP contribution in [0.1, 0.15) is 18.4 Å². The molecule has 2 bridgehead atoms. The summed E-state index contributed by atoms with van der Waals surface area (Å²) in [5, 5.41) is 7.44. The molecule has 3 aliphatic heterocycles. The van der Waals surface area contributed by atoms with Crippen LogP contribution in [0.2, 0.25) is 0 Å². The highest BCUT2D eigenvalue weighted by molar-refractivity contribution is 7.80. The van der Waals surface area contributed by atoms with E-state index in [0.29, 0.717) is 6.04 Å². The van der Waals surface area contributed by atoms with Crippen molar-refractivity contribution in [2.45, 2.75) is 25.4 Å². The number of rotatable bonds is 7. The fourth-order valence-electron chi connectivity index (χ4n) is 4.94. The largest absolute Gasteiger partial charge is 0.361 e. The molecule has 5 rings (SSSR count). The van der Waals surface area contributed by atoms with Gasteiger partial charge >= 0.3 is 0 Å². The molecular formula is C24H32N4S. The van der Waals surface area contributed by atoms with E-state index in [1.54, 1.807) is 0 Å². The van der Waals surface area contributed by atoms with Crippen molar-refractivity contribution in [3.63, 3.8) is 0 Å². The number of nitrogens with one attached hydrogen (secondary N) is 2. The van der Waals surface area contributed by atoms with Gasteiger partial charge in [0.1, 0.15) is 0 Å². The number of anilines is 1. The molecule has 0 spiro atoms. The van der Waals surface area contributed by atoms with Gasteiger partial charge in [0.2, 0.25) is 0 Å². The van der Waals surface area contributed by atoms with Crippen molar-refractivity contribution in [1.29, 1.82) is 0 Å². The maximum absolute atomic E-state index is 5.49. The van der Waals surface area contributed by atoms with Crippen LogP contribution in [0.25, 0.3) is 0 Å². The van der Waals surface area contributed by atoms with Gasteiger partial charge in [0.25, 0.3) is 0 Å². The molecule has 3 saturated heterocycles. The smallest absolute Gasteiger partial charge is 0.170 e. The van der Waals surface area contributed by atoms with Crippen molar-refractivity contribution in [3.05, 3.63) is 66.2 Å². The molecule has 2 aromatic carbocycles. The topological polar surface area (TPSA) is 30.5 Å². The van der Waals surface area contributed by atoms with Crippen LogP contribution >= 0.6 is 12.2 Å². The lowest BCUT2D eigenvalue weighted by Gasteiger charge is -2.50. The summed E-state index contributed by atoms with van der Waals surface area (Å²) in [5.41, 5.74) is 2.44. The molecule has 4 atom stereocenters. The van der Waals surface area contributed by atoms with Crippen LogP contribution in [-0.2, 0) is 6.54 Å². The molecular weight excluding hydrogens is 376 g/mol. The predicted molar refractivity (Wildman–Crippen MR) is 125 cm³/mol. The highest BCUT2D eigenvalue weighted by Gasteiger charge is 2.40. The van der Waals surface area contributed by atoms with Gasteiger partial charge in [-0.3, -0.25) is 4.90 Å². The highest BCUT2D eigenvalue weighted by atomic mass is 32.1. The lowest BCUT2D eigenvalue weighted by molar-refractivity contribution is -0.00845. The zero-order valence-corrected chi connectivity index (χ0v) is 18.1. The van der Waals surface area contributed by atoms with Gasteiger partial charge in [0, 0.05) is 37.9 Å². The number of para-hydroxylation sites is 1. The molecule has 0 aromatic heterocycles. The fourth-order valence-corrected chi connectivity index (χ4v) is 5.14. The van der Waals surface area contributed by atoms with Crippen LogP contribution in [0.5, 0.6) is 0 Å². The molecule has 0 amide bonds. The van der Waals surface area contributed by atoms with E-state index in [1.165, 1.54) is 38.0 Å². The Bertz CT molecular complexity index is 782. The Morgan fingerprint density at radius 2 is 1.83 bits per heavy atom. The van der Waals surface area contributed by atoms with E-state index < -0.39 is 0 Å². The summed E-state index contributed by atoms with van der Waals surface area (Å²) in [6.07, 6.45) is 2.62. The van der Waals surface area contributed by atoms with Crippen molar-refractivity contribution in [2.24, 2.45) is 11.8 Å². The van der Waals surface area contributed by atoms with Gasteiger partial charge in [-0.2, -0.15) is 0 Å². The zero-order valence-electron chi connectivity index (χ0n) is 17.3. The minimum atomic E-state index is 0.597. The quantitative estimate of drug-likeness (QED) is 0.680. The van der Waals surface area contributed by atoms with E-state index in [-0.39, 0.29) is 0 Å². The van der Waals surface area contributed by atoms with Gasteiger partial charge in [0.05, 0.1) is 0 Å². The molecule has 3 heterocycles. The van der Waals surface area contributed by atoms with E-state index in [1.807, 2.05) is 30.3 Å². The summed E-state index contributed by atoms with van der Waals surface area (Å²) < 4.78 is 0. The minimum absolute atomic E-state index is 0.597. The number of hydrogen-bond donors (Lipinski definition) is 2. The number of nitrogens with zero attached hydrogens (tertiary/aromatic N) is 2. The molecule has 29 heavy (non-hydrogen) atoms.